The van der Waals surface area contributed by atoms with Crippen molar-refractivity contribution >= 4 is 40.9 Å². The lowest BCUT2D eigenvalue weighted by Crippen LogP contribution is -2.08. The van der Waals surface area contributed by atoms with Crippen LogP contribution in [0.5, 0.6) is 0 Å². The normalized spacial score (nSPS) is 12.4. The zero-order chi connectivity index (χ0) is 20.4. The molecule has 146 valence electrons. The number of benzene rings is 1. The number of aromatic carboxylic acids is 1. The van der Waals surface area contributed by atoms with Crippen LogP contribution in [0.25, 0.3) is 0 Å². The van der Waals surface area contributed by atoms with Crippen LogP contribution in [0.15, 0.2) is 52.6 Å². The van der Waals surface area contributed by atoms with Gasteiger partial charge in [-0.1, -0.05) is 35.0 Å². The maximum Gasteiger partial charge on any atom is 0.356 e. The molecule has 0 aliphatic heterocycles. The monoisotopic (exact) mass is 437 g/mol. The quantitative estimate of drug-likeness (QED) is 0.557. The lowest BCUT2D eigenvalue weighted by molar-refractivity contribution is 0.0684. The minimum absolute atomic E-state index is 0.131. The smallest absolute Gasteiger partial charge is 0.356 e. The third-order valence-electron chi connectivity index (χ3n) is 3.94. The van der Waals surface area contributed by atoms with Crippen LogP contribution in [0.4, 0.5) is 0 Å². The van der Waals surface area contributed by atoms with Gasteiger partial charge in [-0.3, -0.25) is 9.67 Å². The Kier molecular flexibility index (Phi) is 6.30. The van der Waals surface area contributed by atoms with Gasteiger partial charge in [0, 0.05) is 33.4 Å². The van der Waals surface area contributed by atoms with Crippen LogP contribution in [0.1, 0.15) is 47.6 Å². The number of aromatic nitrogens is 3. The number of aliphatic hydroxyl groups is 1. The second-order valence-corrected chi connectivity index (χ2v) is 8.24. The topological polar surface area (TPSA) is 88.2 Å². The van der Waals surface area contributed by atoms with Gasteiger partial charge in [0.2, 0.25) is 0 Å². The number of carboxylic acids is 1. The molecule has 28 heavy (non-hydrogen) atoms. The molecule has 1 aromatic carbocycles. The summed E-state index contributed by atoms with van der Waals surface area (Å²) in [5.41, 5.74) is 0.536. The number of pyridine rings is 1. The number of hydrogen-bond donors (Lipinski definition) is 2. The van der Waals surface area contributed by atoms with E-state index in [0.717, 1.165) is 0 Å². The Bertz CT molecular complexity index is 989. The first-order chi connectivity index (χ1) is 13.3. The van der Waals surface area contributed by atoms with E-state index in [2.05, 4.69) is 10.1 Å². The summed E-state index contributed by atoms with van der Waals surface area (Å²) in [6, 6.07) is 8.19. The zero-order valence-electron chi connectivity index (χ0n) is 15.0. The van der Waals surface area contributed by atoms with Crippen LogP contribution in [0.2, 0.25) is 10.0 Å². The van der Waals surface area contributed by atoms with E-state index in [1.165, 1.54) is 24.2 Å². The Morgan fingerprint density at radius 2 is 1.75 bits per heavy atom. The second kappa shape index (κ2) is 8.53. The summed E-state index contributed by atoms with van der Waals surface area (Å²) in [6.45, 7) is 3.77. The average molecular weight is 438 g/mol. The van der Waals surface area contributed by atoms with Gasteiger partial charge < -0.3 is 10.2 Å². The highest BCUT2D eigenvalue weighted by Crippen LogP contribution is 2.40. The molecule has 0 aliphatic rings. The van der Waals surface area contributed by atoms with Gasteiger partial charge in [0.05, 0.1) is 5.56 Å². The molecule has 2 aromatic heterocycles. The fraction of sp³-hybridized carbons (Fsp3) is 0.211. The van der Waals surface area contributed by atoms with Gasteiger partial charge in [-0.25, -0.2) is 4.79 Å². The summed E-state index contributed by atoms with van der Waals surface area (Å²) in [6.07, 6.45) is 1.89. The zero-order valence-corrected chi connectivity index (χ0v) is 17.3. The van der Waals surface area contributed by atoms with Crippen molar-refractivity contribution in [3.8, 4) is 0 Å². The van der Waals surface area contributed by atoms with Crippen molar-refractivity contribution in [1.29, 1.82) is 0 Å². The van der Waals surface area contributed by atoms with E-state index < -0.39 is 12.1 Å². The van der Waals surface area contributed by atoms with E-state index >= 15 is 0 Å². The maximum atomic E-state index is 11.9. The number of rotatable bonds is 6. The lowest BCUT2D eigenvalue weighted by atomic mass is 10.0. The van der Waals surface area contributed by atoms with Gasteiger partial charge in [-0.2, -0.15) is 5.10 Å². The molecular formula is C19H17Cl2N3O3S. The van der Waals surface area contributed by atoms with Crippen molar-refractivity contribution in [3.05, 3.63) is 69.6 Å². The third kappa shape index (κ3) is 4.33. The van der Waals surface area contributed by atoms with Gasteiger partial charge in [0.1, 0.15) is 11.1 Å². The third-order valence-corrected chi connectivity index (χ3v) is 5.45. The van der Waals surface area contributed by atoms with Crippen LogP contribution in [0.3, 0.4) is 0 Å². The van der Waals surface area contributed by atoms with Gasteiger partial charge >= 0.3 is 5.97 Å². The largest absolute Gasteiger partial charge is 0.476 e. The average Bonchev–Trinajstić information content (AvgIpc) is 3.00. The molecule has 1 unspecified atom stereocenters. The Hall–Kier alpha value is -2.06. The molecular weight excluding hydrogens is 421 g/mol. The summed E-state index contributed by atoms with van der Waals surface area (Å²) in [5.74, 6) is -1.21. The minimum atomic E-state index is -1.21. The Morgan fingerprint density at radius 3 is 2.29 bits per heavy atom. The van der Waals surface area contributed by atoms with E-state index in [0.29, 0.717) is 25.5 Å². The van der Waals surface area contributed by atoms with Crippen molar-refractivity contribution in [2.45, 2.75) is 35.9 Å². The van der Waals surface area contributed by atoms with E-state index in [4.69, 9.17) is 23.2 Å². The van der Waals surface area contributed by atoms with E-state index in [-0.39, 0.29) is 17.3 Å². The van der Waals surface area contributed by atoms with Crippen molar-refractivity contribution in [2.75, 3.05) is 0 Å². The number of hydrogen-bond acceptors (Lipinski definition) is 5. The standard InChI is InChI=1S/C19H17Cl2N3O3S/c1-10(2)24-18(28-14-8-12(20)7-13(21)9-14)15(16(23-24)19(26)27)17(25)11-3-5-22-6-4-11/h3-10,17,25H,1-2H3,(H,26,27). The molecule has 3 aromatic rings. The molecule has 1 atom stereocenters. The SMILES string of the molecule is CC(C)n1nc(C(=O)O)c(C(O)c2ccncc2)c1Sc1cc(Cl)cc(Cl)c1. The Labute approximate surface area is 176 Å². The molecule has 2 heterocycles. The number of nitrogens with zero attached hydrogens (tertiary/aromatic N) is 3. The van der Waals surface area contributed by atoms with Gasteiger partial charge in [-0.05, 0) is 49.7 Å². The van der Waals surface area contributed by atoms with Crippen LogP contribution in [-0.4, -0.2) is 30.9 Å². The van der Waals surface area contributed by atoms with Crippen LogP contribution in [0, 0.1) is 0 Å². The summed E-state index contributed by atoms with van der Waals surface area (Å²) in [7, 11) is 0. The number of halogens is 2. The van der Waals surface area contributed by atoms with Gasteiger partial charge in [-0.15, -0.1) is 0 Å². The highest BCUT2D eigenvalue weighted by molar-refractivity contribution is 7.99. The maximum absolute atomic E-state index is 11.9. The van der Waals surface area contributed by atoms with Crippen molar-refractivity contribution in [2.24, 2.45) is 0 Å². The summed E-state index contributed by atoms with van der Waals surface area (Å²) >= 11 is 13.5. The second-order valence-electron chi connectivity index (χ2n) is 6.30. The number of carbonyl (C=O) groups is 1. The Morgan fingerprint density at radius 1 is 1.14 bits per heavy atom. The molecule has 6 nitrogen and oxygen atoms in total. The first kappa shape index (κ1) is 20.7. The van der Waals surface area contributed by atoms with Gasteiger partial charge in [0.15, 0.2) is 5.69 Å². The van der Waals surface area contributed by atoms with Crippen molar-refractivity contribution in [1.82, 2.24) is 14.8 Å². The molecule has 3 rings (SSSR count). The van der Waals surface area contributed by atoms with E-state index in [1.807, 2.05) is 13.8 Å². The van der Waals surface area contributed by atoms with Crippen LogP contribution >= 0.6 is 35.0 Å². The van der Waals surface area contributed by atoms with Crippen LogP contribution < -0.4 is 0 Å². The fourth-order valence-corrected chi connectivity index (χ4v) is 4.61. The van der Waals surface area contributed by atoms with Crippen molar-refractivity contribution < 1.29 is 15.0 Å². The molecule has 0 amide bonds. The summed E-state index contributed by atoms with van der Waals surface area (Å²) in [5, 5.41) is 26.3. The minimum Gasteiger partial charge on any atom is -0.476 e. The molecule has 0 spiro atoms. The summed E-state index contributed by atoms with van der Waals surface area (Å²) < 4.78 is 1.59. The highest BCUT2D eigenvalue weighted by Gasteiger charge is 2.30. The van der Waals surface area contributed by atoms with Crippen molar-refractivity contribution in [3.63, 3.8) is 0 Å². The first-order valence-electron chi connectivity index (χ1n) is 8.35. The van der Waals surface area contributed by atoms with E-state index in [1.54, 1.807) is 35.0 Å². The molecule has 0 aliphatic carbocycles. The predicted octanol–water partition coefficient (Wildman–Crippen LogP) is 5.10. The fourth-order valence-electron chi connectivity index (χ4n) is 2.70. The predicted molar refractivity (Wildman–Crippen MR) is 108 cm³/mol. The Balaban J connectivity index is 2.19. The number of carboxylic acid groups (broad SMARTS) is 1. The van der Waals surface area contributed by atoms with E-state index in [9.17, 15) is 15.0 Å². The first-order valence-corrected chi connectivity index (χ1v) is 9.92. The number of aliphatic hydroxyl groups excluding tert-OH is 1. The molecule has 0 saturated heterocycles. The molecule has 2 N–H and O–H groups in total. The molecule has 0 bridgehead atoms. The molecule has 0 radical (unpaired) electrons. The lowest BCUT2D eigenvalue weighted by Gasteiger charge is -2.16. The van der Waals surface area contributed by atoms with Gasteiger partial charge in [0.25, 0.3) is 0 Å². The molecule has 0 fully saturated rings. The molecule has 0 saturated carbocycles. The summed E-state index contributed by atoms with van der Waals surface area (Å²) in [4.78, 5) is 16.5. The molecule has 9 heteroatoms. The van der Waals surface area contributed by atoms with Crippen LogP contribution in [-0.2, 0) is 0 Å². The highest BCUT2D eigenvalue weighted by atomic mass is 35.5.